The van der Waals surface area contributed by atoms with Gasteiger partial charge in [-0.3, -0.25) is 0 Å². The van der Waals surface area contributed by atoms with Crippen molar-refractivity contribution in [2.24, 2.45) is 0 Å². The zero-order valence-corrected chi connectivity index (χ0v) is 7.04. The number of rotatable bonds is 3. The normalized spacial score (nSPS) is 9.00. The first-order valence-corrected chi connectivity index (χ1v) is 3.85. The average Bonchev–Trinajstić information content (AvgIpc) is 2.15. The van der Waals surface area contributed by atoms with Gasteiger partial charge in [0.05, 0.1) is 6.54 Å². The molecular weight excluding hydrogens is 150 g/mol. The van der Waals surface area contributed by atoms with Crippen molar-refractivity contribution >= 4 is 5.82 Å². The number of aromatic nitrogens is 2. The molecule has 3 nitrogen and oxygen atoms in total. The molecule has 0 fully saturated rings. The third kappa shape index (κ3) is 2.24. The van der Waals surface area contributed by atoms with E-state index in [0.717, 1.165) is 17.9 Å². The van der Waals surface area contributed by atoms with Crippen molar-refractivity contribution in [3.05, 3.63) is 18.1 Å². The van der Waals surface area contributed by atoms with Crippen LogP contribution in [0.25, 0.3) is 0 Å². The molecule has 0 atom stereocenters. The van der Waals surface area contributed by atoms with E-state index in [0.29, 0.717) is 6.54 Å². The Kier molecular flexibility index (Phi) is 3.09. The third-order valence-electron chi connectivity index (χ3n) is 1.46. The second-order valence-electron chi connectivity index (χ2n) is 2.31. The molecule has 3 heteroatoms. The third-order valence-corrected chi connectivity index (χ3v) is 1.46. The molecule has 0 radical (unpaired) electrons. The van der Waals surface area contributed by atoms with Gasteiger partial charge >= 0.3 is 0 Å². The largest absolute Gasteiger partial charge is 0.359 e. The van der Waals surface area contributed by atoms with Crippen LogP contribution in [0, 0.1) is 12.3 Å². The minimum absolute atomic E-state index is 0.500. The highest BCUT2D eigenvalue weighted by atomic mass is 15.0. The number of nitrogens with one attached hydrogen (secondary N) is 1. The van der Waals surface area contributed by atoms with E-state index in [1.807, 2.05) is 13.0 Å². The number of nitrogens with zero attached hydrogens (tertiary/aromatic N) is 2. The van der Waals surface area contributed by atoms with Crippen LogP contribution >= 0.6 is 0 Å². The Morgan fingerprint density at radius 2 is 2.42 bits per heavy atom. The standard InChI is InChI=1S/C9H11N3/c1-3-5-10-9-6-8(4-2)11-7-12-9/h1,6-7H,4-5H2,2H3,(H,10,11,12). The highest BCUT2D eigenvalue weighted by Gasteiger charge is 1.93. The summed E-state index contributed by atoms with van der Waals surface area (Å²) in [4.78, 5) is 8.07. The van der Waals surface area contributed by atoms with E-state index in [-0.39, 0.29) is 0 Å². The highest BCUT2D eigenvalue weighted by Crippen LogP contribution is 2.02. The van der Waals surface area contributed by atoms with E-state index in [9.17, 15) is 0 Å². The minimum Gasteiger partial charge on any atom is -0.359 e. The lowest BCUT2D eigenvalue weighted by atomic mass is 10.3. The maximum Gasteiger partial charge on any atom is 0.130 e. The van der Waals surface area contributed by atoms with Crippen molar-refractivity contribution in [3.8, 4) is 12.3 Å². The van der Waals surface area contributed by atoms with E-state index >= 15 is 0 Å². The van der Waals surface area contributed by atoms with Gasteiger partial charge in [-0.1, -0.05) is 12.8 Å². The molecule has 0 aliphatic carbocycles. The molecule has 0 saturated heterocycles. The summed E-state index contributed by atoms with van der Waals surface area (Å²) in [5.41, 5.74) is 1.02. The highest BCUT2D eigenvalue weighted by molar-refractivity contribution is 5.35. The molecule has 0 spiro atoms. The molecule has 1 aromatic heterocycles. The summed E-state index contributed by atoms with van der Waals surface area (Å²) >= 11 is 0. The molecule has 0 bridgehead atoms. The molecule has 0 aliphatic rings. The number of hydrogen-bond acceptors (Lipinski definition) is 3. The lowest BCUT2D eigenvalue weighted by Crippen LogP contribution is -2.01. The second kappa shape index (κ2) is 4.35. The van der Waals surface area contributed by atoms with Crippen LogP contribution in [-0.4, -0.2) is 16.5 Å². The zero-order chi connectivity index (χ0) is 8.81. The summed E-state index contributed by atoms with van der Waals surface area (Å²) in [6, 6.07) is 1.90. The molecule has 0 saturated carbocycles. The van der Waals surface area contributed by atoms with Crippen molar-refractivity contribution in [1.82, 2.24) is 9.97 Å². The Labute approximate surface area is 72.2 Å². The van der Waals surface area contributed by atoms with E-state index in [1.165, 1.54) is 6.33 Å². The maximum absolute atomic E-state index is 5.09. The lowest BCUT2D eigenvalue weighted by Gasteiger charge is -2.01. The van der Waals surface area contributed by atoms with Crippen molar-refractivity contribution in [3.63, 3.8) is 0 Å². The molecule has 0 aromatic carbocycles. The Bertz CT molecular complexity index is 288. The number of terminal acetylenes is 1. The first kappa shape index (κ1) is 8.54. The van der Waals surface area contributed by atoms with Crippen molar-refractivity contribution in [2.75, 3.05) is 11.9 Å². The molecule has 1 N–H and O–H groups in total. The fraction of sp³-hybridized carbons (Fsp3) is 0.333. The predicted molar refractivity (Wildman–Crippen MR) is 48.7 cm³/mol. The topological polar surface area (TPSA) is 37.8 Å². The van der Waals surface area contributed by atoms with Gasteiger partial charge in [0, 0.05) is 11.8 Å². The summed E-state index contributed by atoms with van der Waals surface area (Å²) in [5.74, 6) is 3.27. The van der Waals surface area contributed by atoms with Crippen LogP contribution in [0.2, 0.25) is 0 Å². The van der Waals surface area contributed by atoms with Crippen LogP contribution in [-0.2, 0) is 6.42 Å². The van der Waals surface area contributed by atoms with Crippen molar-refractivity contribution in [1.29, 1.82) is 0 Å². The molecule has 62 valence electrons. The predicted octanol–water partition coefficient (Wildman–Crippen LogP) is 1.08. The van der Waals surface area contributed by atoms with Crippen molar-refractivity contribution in [2.45, 2.75) is 13.3 Å². The average molecular weight is 161 g/mol. The Morgan fingerprint density at radius 3 is 3.08 bits per heavy atom. The second-order valence-corrected chi connectivity index (χ2v) is 2.31. The van der Waals surface area contributed by atoms with E-state index in [4.69, 9.17) is 6.42 Å². The van der Waals surface area contributed by atoms with Gasteiger partial charge in [-0.2, -0.15) is 0 Å². The zero-order valence-electron chi connectivity index (χ0n) is 7.04. The van der Waals surface area contributed by atoms with Gasteiger partial charge in [0.1, 0.15) is 12.1 Å². The Hall–Kier alpha value is -1.56. The van der Waals surface area contributed by atoms with Gasteiger partial charge in [-0.05, 0) is 6.42 Å². The van der Waals surface area contributed by atoms with Crippen LogP contribution in [0.3, 0.4) is 0 Å². The quantitative estimate of drug-likeness (QED) is 0.674. The summed E-state index contributed by atoms with van der Waals surface area (Å²) in [6.45, 7) is 2.55. The number of anilines is 1. The summed E-state index contributed by atoms with van der Waals surface area (Å²) in [5, 5.41) is 2.98. The Morgan fingerprint density at radius 1 is 1.58 bits per heavy atom. The van der Waals surface area contributed by atoms with Crippen molar-refractivity contribution < 1.29 is 0 Å². The lowest BCUT2D eigenvalue weighted by molar-refractivity contribution is 0.996. The summed E-state index contributed by atoms with van der Waals surface area (Å²) < 4.78 is 0. The smallest absolute Gasteiger partial charge is 0.130 e. The maximum atomic E-state index is 5.09. The molecule has 12 heavy (non-hydrogen) atoms. The minimum atomic E-state index is 0.500. The van der Waals surface area contributed by atoms with Gasteiger partial charge in [-0.15, -0.1) is 6.42 Å². The molecule has 1 heterocycles. The van der Waals surface area contributed by atoms with Gasteiger partial charge < -0.3 is 5.32 Å². The molecule has 0 amide bonds. The summed E-state index contributed by atoms with van der Waals surface area (Å²) in [7, 11) is 0. The fourth-order valence-corrected chi connectivity index (χ4v) is 0.829. The summed E-state index contributed by atoms with van der Waals surface area (Å²) in [6.07, 6.45) is 7.54. The number of aryl methyl sites for hydroxylation is 1. The van der Waals surface area contributed by atoms with E-state index in [1.54, 1.807) is 0 Å². The van der Waals surface area contributed by atoms with E-state index in [2.05, 4.69) is 21.2 Å². The van der Waals surface area contributed by atoms with E-state index < -0.39 is 0 Å². The first-order chi connectivity index (χ1) is 5.86. The van der Waals surface area contributed by atoms with Gasteiger partial charge in [-0.25, -0.2) is 9.97 Å². The molecule has 1 aromatic rings. The molecule has 0 aliphatic heterocycles. The fourth-order valence-electron chi connectivity index (χ4n) is 0.829. The molecule has 1 rings (SSSR count). The van der Waals surface area contributed by atoms with Crippen LogP contribution in [0.15, 0.2) is 12.4 Å². The van der Waals surface area contributed by atoms with Crippen LogP contribution in [0.5, 0.6) is 0 Å². The Balaban J connectivity index is 2.67. The number of hydrogen-bond donors (Lipinski definition) is 1. The molecule has 0 unspecified atom stereocenters. The monoisotopic (exact) mass is 161 g/mol. The van der Waals surface area contributed by atoms with Gasteiger partial charge in [0.2, 0.25) is 0 Å². The van der Waals surface area contributed by atoms with Crippen LogP contribution in [0.1, 0.15) is 12.6 Å². The van der Waals surface area contributed by atoms with Gasteiger partial charge in [0.25, 0.3) is 0 Å². The van der Waals surface area contributed by atoms with Crippen LogP contribution < -0.4 is 5.32 Å². The van der Waals surface area contributed by atoms with Crippen LogP contribution in [0.4, 0.5) is 5.82 Å². The van der Waals surface area contributed by atoms with Gasteiger partial charge in [0.15, 0.2) is 0 Å². The molecular formula is C9H11N3. The SMILES string of the molecule is C#CCNc1cc(CC)ncn1. The first-order valence-electron chi connectivity index (χ1n) is 3.85.